The van der Waals surface area contributed by atoms with E-state index in [2.05, 4.69) is 63.0 Å². The Morgan fingerprint density at radius 3 is 2.19 bits per heavy atom. The Morgan fingerprint density at radius 2 is 1.65 bits per heavy atom. The standard InChI is InChI=1S/C23H24N2O4.C5H11NO2/c26-23(27)12-14-28-16-18-15-17(24-29-18)7-5-6-13-25-21-10-3-1-8-19(21)20-9-2-4-11-22(20)25;1-5(2,3)8-4(6)7/h1-4,8-11,15H,5-7,12-14,16H2,(H,26,27);1-3H3,(H2,6,7). The summed E-state index contributed by atoms with van der Waals surface area (Å²) in [5.74, 6) is -0.237. The number of nitrogens with two attached hydrogens (primary N) is 1. The van der Waals surface area contributed by atoms with E-state index in [1.165, 1.54) is 21.8 Å². The number of aromatic nitrogens is 2. The fourth-order valence-corrected chi connectivity index (χ4v) is 4.00. The van der Waals surface area contributed by atoms with Gasteiger partial charge in [0.25, 0.3) is 0 Å². The van der Waals surface area contributed by atoms with Gasteiger partial charge < -0.3 is 29.4 Å². The van der Waals surface area contributed by atoms with Crippen LogP contribution in [0.15, 0.2) is 59.1 Å². The third-order valence-electron chi connectivity index (χ3n) is 5.46. The lowest BCUT2D eigenvalue weighted by Gasteiger charge is -2.16. The molecule has 4 aromatic rings. The number of primary amides is 1. The van der Waals surface area contributed by atoms with Crippen LogP contribution in [0.2, 0.25) is 0 Å². The number of rotatable bonds is 10. The summed E-state index contributed by atoms with van der Waals surface area (Å²) >= 11 is 0. The molecule has 0 aliphatic carbocycles. The van der Waals surface area contributed by atoms with Gasteiger partial charge in [0.15, 0.2) is 5.76 Å². The second kappa shape index (κ2) is 12.9. The van der Waals surface area contributed by atoms with Gasteiger partial charge in [-0.2, -0.15) is 0 Å². The first-order valence-corrected chi connectivity index (χ1v) is 12.3. The van der Waals surface area contributed by atoms with Crippen molar-refractivity contribution in [1.29, 1.82) is 0 Å². The van der Waals surface area contributed by atoms with Crippen LogP contribution >= 0.6 is 0 Å². The lowest BCUT2D eigenvalue weighted by Crippen LogP contribution is -2.27. The van der Waals surface area contributed by atoms with Gasteiger partial charge in [0.05, 0.1) is 18.7 Å². The second-order valence-electron chi connectivity index (χ2n) is 9.66. The summed E-state index contributed by atoms with van der Waals surface area (Å²) < 4.78 is 17.5. The number of benzene rings is 2. The molecule has 9 nitrogen and oxygen atoms in total. The highest BCUT2D eigenvalue weighted by Gasteiger charge is 2.12. The van der Waals surface area contributed by atoms with Crippen LogP contribution < -0.4 is 5.73 Å². The number of aryl methyl sites for hydroxylation is 2. The molecular formula is C28H35N3O6. The highest BCUT2D eigenvalue weighted by Crippen LogP contribution is 2.29. The van der Waals surface area contributed by atoms with Crippen LogP contribution in [-0.4, -0.2) is 39.1 Å². The summed E-state index contributed by atoms with van der Waals surface area (Å²) in [7, 11) is 0. The van der Waals surface area contributed by atoms with E-state index in [-0.39, 0.29) is 19.6 Å². The molecule has 0 aliphatic rings. The fraction of sp³-hybridized carbons (Fsp3) is 0.393. The number of carboxylic acids is 1. The molecule has 0 atom stereocenters. The van der Waals surface area contributed by atoms with Crippen molar-refractivity contribution in [2.24, 2.45) is 5.73 Å². The Balaban J connectivity index is 0.000000414. The molecule has 37 heavy (non-hydrogen) atoms. The SMILES string of the molecule is CC(C)(C)OC(N)=O.O=C(O)CCOCc1cc(CCCCn2c3ccccc3c3ccccc32)no1. The molecule has 2 heterocycles. The zero-order valence-corrected chi connectivity index (χ0v) is 21.6. The van der Waals surface area contributed by atoms with Gasteiger partial charge in [-0.3, -0.25) is 4.79 Å². The van der Waals surface area contributed by atoms with E-state index >= 15 is 0 Å². The summed E-state index contributed by atoms with van der Waals surface area (Å²) in [6, 6.07) is 19.0. The van der Waals surface area contributed by atoms with Gasteiger partial charge in [-0.15, -0.1) is 0 Å². The predicted molar refractivity (Wildman–Crippen MR) is 141 cm³/mol. The molecule has 0 bridgehead atoms. The molecule has 0 radical (unpaired) electrons. The molecule has 4 rings (SSSR count). The molecule has 0 spiro atoms. The van der Waals surface area contributed by atoms with Gasteiger partial charge in [-0.05, 0) is 52.2 Å². The second-order valence-corrected chi connectivity index (χ2v) is 9.66. The Hall–Kier alpha value is -3.85. The van der Waals surface area contributed by atoms with Crippen molar-refractivity contribution < 1.29 is 28.7 Å². The number of para-hydroxylation sites is 2. The van der Waals surface area contributed by atoms with E-state index in [1.807, 2.05) is 6.07 Å². The van der Waals surface area contributed by atoms with Crippen LogP contribution in [0.25, 0.3) is 21.8 Å². The monoisotopic (exact) mass is 509 g/mol. The molecule has 0 fully saturated rings. The number of carbonyl (C=O) groups excluding carboxylic acids is 1. The van der Waals surface area contributed by atoms with Crippen LogP contribution in [0.1, 0.15) is 51.5 Å². The van der Waals surface area contributed by atoms with Crippen LogP contribution in [-0.2, 0) is 33.8 Å². The zero-order chi connectivity index (χ0) is 26.8. The molecule has 9 heteroatoms. The number of amides is 1. The Morgan fingerprint density at radius 1 is 1.03 bits per heavy atom. The maximum Gasteiger partial charge on any atom is 0.405 e. The first-order chi connectivity index (χ1) is 17.6. The molecule has 1 amide bonds. The van der Waals surface area contributed by atoms with Gasteiger partial charge in [0.1, 0.15) is 12.2 Å². The molecule has 3 N–H and O–H groups in total. The number of carboxylic acid groups (broad SMARTS) is 1. The third-order valence-corrected chi connectivity index (χ3v) is 5.46. The summed E-state index contributed by atoms with van der Waals surface area (Å²) in [6.45, 7) is 6.66. The Kier molecular flexibility index (Phi) is 9.68. The van der Waals surface area contributed by atoms with Crippen molar-refractivity contribution >= 4 is 33.9 Å². The lowest BCUT2D eigenvalue weighted by atomic mass is 10.2. The minimum Gasteiger partial charge on any atom is -0.481 e. The smallest absolute Gasteiger partial charge is 0.405 e. The zero-order valence-electron chi connectivity index (χ0n) is 21.6. The van der Waals surface area contributed by atoms with Crippen LogP contribution in [0.4, 0.5) is 4.79 Å². The number of aliphatic carboxylic acids is 1. The minimum absolute atomic E-state index is 0.0102. The first-order valence-electron chi connectivity index (χ1n) is 12.3. The van der Waals surface area contributed by atoms with Crippen LogP contribution in [0.3, 0.4) is 0 Å². The molecule has 0 saturated heterocycles. The summed E-state index contributed by atoms with van der Waals surface area (Å²) in [5.41, 5.74) is 7.72. The lowest BCUT2D eigenvalue weighted by molar-refractivity contribution is -0.138. The van der Waals surface area contributed by atoms with Gasteiger partial charge in [-0.1, -0.05) is 41.6 Å². The van der Waals surface area contributed by atoms with Crippen LogP contribution in [0, 0.1) is 0 Å². The van der Waals surface area contributed by atoms with Crippen molar-refractivity contribution in [1.82, 2.24) is 9.72 Å². The molecule has 198 valence electrons. The molecular weight excluding hydrogens is 474 g/mol. The molecule has 2 aromatic carbocycles. The minimum atomic E-state index is -0.869. The quantitative estimate of drug-likeness (QED) is 0.263. The van der Waals surface area contributed by atoms with Gasteiger partial charge in [-0.25, -0.2) is 4.79 Å². The summed E-state index contributed by atoms with van der Waals surface area (Å²) in [4.78, 5) is 20.5. The summed E-state index contributed by atoms with van der Waals surface area (Å²) in [6.07, 6.45) is 2.16. The van der Waals surface area contributed by atoms with Crippen molar-refractivity contribution in [3.8, 4) is 0 Å². The van der Waals surface area contributed by atoms with E-state index in [1.54, 1.807) is 20.8 Å². The number of unbranched alkanes of at least 4 members (excludes halogenated alkanes) is 1. The maximum atomic E-state index is 10.5. The molecule has 0 aliphatic heterocycles. The summed E-state index contributed by atoms with van der Waals surface area (Å²) in [5, 5.41) is 15.3. The average molecular weight is 510 g/mol. The van der Waals surface area contributed by atoms with Crippen molar-refractivity contribution in [2.75, 3.05) is 6.61 Å². The van der Waals surface area contributed by atoms with Crippen molar-refractivity contribution in [3.05, 3.63) is 66.1 Å². The van der Waals surface area contributed by atoms with Crippen molar-refractivity contribution in [2.45, 2.75) is 65.2 Å². The highest BCUT2D eigenvalue weighted by molar-refractivity contribution is 6.07. The Bertz CT molecular complexity index is 1270. The van der Waals surface area contributed by atoms with E-state index in [4.69, 9.17) is 20.1 Å². The van der Waals surface area contributed by atoms with Gasteiger partial charge in [0, 0.05) is 34.4 Å². The number of hydrogen-bond donors (Lipinski definition) is 2. The van der Waals surface area contributed by atoms with Gasteiger partial charge in [0.2, 0.25) is 0 Å². The van der Waals surface area contributed by atoms with E-state index in [9.17, 15) is 9.59 Å². The molecule has 2 aromatic heterocycles. The first kappa shape index (κ1) is 27.7. The number of fused-ring (bicyclic) bond motifs is 3. The highest BCUT2D eigenvalue weighted by atomic mass is 16.6. The third kappa shape index (κ3) is 8.64. The van der Waals surface area contributed by atoms with Gasteiger partial charge >= 0.3 is 12.1 Å². The number of carbonyl (C=O) groups is 2. The molecule has 0 unspecified atom stereocenters. The fourth-order valence-electron chi connectivity index (χ4n) is 4.00. The van der Waals surface area contributed by atoms with Crippen LogP contribution in [0.5, 0.6) is 0 Å². The molecule has 0 saturated carbocycles. The number of hydrogen-bond acceptors (Lipinski definition) is 6. The van der Waals surface area contributed by atoms with E-state index in [0.29, 0.717) is 5.76 Å². The topological polar surface area (TPSA) is 130 Å². The largest absolute Gasteiger partial charge is 0.481 e. The predicted octanol–water partition coefficient (Wildman–Crippen LogP) is 5.68. The maximum absolute atomic E-state index is 10.5. The van der Waals surface area contributed by atoms with E-state index in [0.717, 1.165) is 31.5 Å². The average Bonchev–Trinajstić information content (AvgIpc) is 3.41. The van der Waals surface area contributed by atoms with E-state index < -0.39 is 17.7 Å². The number of ether oxygens (including phenoxy) is 2. The Labute approximate surface area is 216 Å². The normalized spacial score (nSPS) is 11.3. The number of nitrogens with zero attached hydrogens (tertiary/aromatic N) is 2. The van der Waals surface area contributed by atoms with Crippen molar-refractivity contribution in [3.63, 3.8) is 0 Å².